The molecule has 0 rings (SSSR count). The summed E-state index contributed by atoms with van der Waals surface area (Å²) in [5.74, 6) is 0. The van der Waals surface area contributed by atoms with Crippen LogP contribution in [0, 0.1) is 0 Å². The molecule has 0 amide bonds. The summed E-state index contributed by atoms with van der Waals surface area (Å²) in [6.45, 7) is 2.05. The van der Waals surface area contributed by atoms with E-state index in [1.807, 2.05) is 19.1 Å². The molecule has 0 aliphatic heterocycles. The van der Waals surface area contributed by atoms with E-state index < -0.39 is 0 Å². The first-order valence-electron chi connectivity index (χ1n) is 2.68. The summed E-state index contributed by atoms with van der Waals surface area (Å²) in [6.07, 6.45) is 8.81. The summed E-state index contributed by atoms with van der Waals surface area (Å²) >= 11 is 0. The number of allylic oxidation sites excluding steroid dienone is 4. The van der Waals surface area contributed by atoms with Crippen molar-refractivity contribution in [2.75, 3.05) is 0 Å². The van der Waals surface area contributed by atoms with Crippen molar-refractivity contribution in [1.29, 1.82) is 0 Å². The summed E-state index contributed by atoms with van der Waals surface area (Å²) in [6, 6.07) is 0. The zero-order valence-electron chi connectivity index (χ0n) is 5.00. The Morgan fingerprint density at radius 2 is 2.00 bits per heavy atom. The van der Waals surface area contributed by atoms with Crippen LogP contribution in [-0.4, -0.2) is 6.29 Å². The highest BCUT2D eigenvalue weighted by molar-refractivity contribution is 5.65. The van der Waals surface area contributed by atoms with Gasteiger partial charge in [-0.05, 0) is 12.5 Å². The van der Waals surface area contributed by atoms with E-state index in [4.69, 9.17) is 0 Å². The van der Waals surface area contributed by atoms with Crippen LogP contribution in [0.3, 0.4) is 0 Å². The summed E-state index contributed by atoms with van der Waals surface area (Å²) in [5, 5.41) is 0. The minimum atomic E-state index is 0.764. The molecule has 0 aromatic carbocycles. The van der Waals surface area contributed by atoms with Crippen molar-refractivity contribution in [3.63, 3.8) is 0 Å². The van der Waals surface area contributed by atoms with Crippen molar-refractivity contribution in [3.8, 4) is 0 Å². The van der Waals surface area contributed by atoms with E-state index in [2.05, 4.69) is 0 Å². The van der Waals surface area contributed by atoms with E-state index in [0.717, 1.165) is 12.7 Å². The van der Waals surface area contributed by atoms with Crippen LogP contribution >= 0.6 is 0 Å². The van der Waals surface area contributed by atoms with Crippen LogP contribution < -0.4 is 0 Å². The van der Waals surface area contributed by atoms with Gasteiger partial charge in [-0.15, -0.1) is 0 Å². The Labute approximate surface area is 49.7 Å². The second-order valence-electron chi connectivity index (χ2n) is 1.36. The van der Waals surface area contributed by atoms with Crippen LogP contribution in [0.15, 0.2) is 24.3 Å². The molecule has 0 saturated heterocycles. The molecule has 0 aromatic rings. The first kappa shape index (κ1) is 7.15. The number of carbonyl (C=O) groups is 1. The molecule has 0 N–H and O–H groups in total. The number of aldehydes is 1. The third kappa shape index (κ3) is 5.15. The van der Waals surface area contributed by atoms with Gasteiger partial charge in [-0.25, -0.2) is 0 Å². The number of hydrogen-bond donors (Lipinski definition) is 0. The fourth-order valence-corrected chi connectivity index (χ4v) is 0.324. The fourth-order valence-electron chi connectivity index (χ4n) is 0.324. The van der Waals surface area contributed by atoms with Crippen LogP contribution in [0.25, 0.3) is 0 Å². The van der Waals surface area contributed by atoms with Gasteiger partial charge in [-0.3, -0.25) is 4.79 Å². The first-order chi connectivity index (χ1) is 3.91. The lowest BCUT2D eigenvalue weighted by molar-refractivity contribution is -0.104. The molecular formula is C7H10O. The molecule has 0 saturated carbocycles. The summed E-state index contributed by atoms with van der Waals surface area (Å²) in [4.78, 5) is 9.65. The molecule has 0 aromatic heterocycles. The van der Waals surface area contributed by atoms with E-state index >= 15 is 0 Å². The third-order valence-electron chi connectivity index (χ3n) is 0.673. The highest BCUT2D eigenvalue weighted by atomic mass is 16.1. The smallest absolute Gasteiger partial charge is 0.142 e. The van der Waals surface area contributed by atoms with Crippen molar-refractivity contribution in [2.24, 2.45) is 0 Å². The van der Waals surface area contributed by atoms with Crippen molar-refractivity contribution in [3.05, 3.63) is 24.3 Å². The highest BCUT2D eigenvalue weighted by Crippen LogP contribution is 1.79. The zero-order valence-corrected chi connectivity index (χ0v) is 5.00. The quantitative estimate of drug-likeness (QED) is 0.307. The minimum Gasteiger partial charge on any atom is -0.299 e. The molecule has 0 radical (unpaired) electrons. The maximum Gasteiger partial charge on any atom is 0.142 e. The Bertz CT molecular complexity index is 101. The monoisotopic (exact) mass is 110 g/mol. The van der Waals surface area contributed by atoms with Crippen molar-refractivity contribution >= 4 is 6.29 Å². The lowest BCUT2D eigenvalue weighted by atomic mass is 10.4. The summed E-state index contributed by atoms with van der Waals surface area (Å²) < 4.78 is 0. The first-order valence-corrected chi connectivity index (χ1v) is 2.68. The van der Waals surface area contributed by atoms with Crippen LogP contribution in [0.4, 0.5) is 0 Å². The maximum absolute atomic E-state index is 9.65. The van der Waals surface area contributed by atoms with E-state index in [0.29, 0.717) is 0 Å². The largest absolute Gasteiger partial charge is 0.299 e. The van der Waals surface area contributed by atoms with Gasteiger partial charge in [0.2, 0.25) is 0 Å². The van der Waals surface area contributed by atoms with Gasteiger partial charge in [0.1, 0.15) is 6.29 Å². The van der Waals surface area contributed by atoms with Gasteiger partial charge in [0, 0.05) is 0 Å². The summed E-state index contributed by atoms with van der Waals surface area (Å²) in [7, 11) is 0. The molecule has 0 aliphatic carbocycles. The van der Waals surface area contributed by atoms with Crippen LogP contribution in [0.1, 0.15) is 13.3 Å². The molecular weight excluding hydrogens is 100 g/mol. The molecule has 0 unspecified atom stereocenters. The molecule has 0 fully saturated rings. The van der Waals surface area contributed by atoms with Crippen molar-refractivity contribution in [1.82, 2.24) is 0 Å². The second kappa shape index (κ2) is 6.15. The molecule has 0 heterocycles. The lowest BCUT2D eigenvalue weighted by Crippen LogP contribution is -1.56. The van der Waals surface area contributed by atoms with Gasteiger partial charge in [-0.2, -0.15) is 0 Å². The lowest BCUT2D eigenvalue weighted by Gasteiger charge is -1.70. The standard InChI is InChI=1S/C7H10O/c1-2-3-4-5-6-7-8/h3-7H,2H2,1H3/b4-3+,6-5-. The number of hydrogen-bond acceptors (Lipinski definition) is 1. The maximum atomic E-state index is 9.65. The van der Waals surface area contributed by atoms with Crippen LogP contribution in [-0.2, 0) is 4.79 Å². The van der Waals surface area contributed by atoms with Gasteiger partial charge < -0.3 is 0 Å². The normalized spacial score (nSPS) is 11.1. The highest BCUT2D eigenvalue weighted by Gasteiger charge is 1.61. The molecule has 0 atom stereocenters. The fraction of sp³-hybridized carbons (Fsp3) is 0.286. The van der Waals surface area contributed by atoms with E-state index in [-0.39, 0.29) is 0 Å². The Balaban J connectivity index is 3.26. The van der Waals surface area contributed by atoms with Crippen molar-refractivity contribution in [2.45, 2.75) is 13.3 Å². The molecule has 0 bridgehead atoms. The topological polar surface area (TPSA) is 17.1 Å². The van der Waals surface area contributed by atoms with Crippen LogP contribution in [0.5, 0.6) is 0 Å². The minimum absolute atomic E-state index is 0.764. The number of rotatable bonds is 3. The molecule has 0 spiro atoms. The second-order valence-corrected chi connectivity index (χ2v) is 1.36. The Hall–Kier alpha value is -0.850. The van der Waals surface area contributed by atoms with Gasteiger partial charge in [0.15, 0.2) is 0 Å². The average molecular weight is 110 g/mol. The van der Waals surface area contributed by atoms with E-state index in [1.54, 1.807) is 6.08 Å². The van der Waals surface area contributed by atoms with Gasteiger partial charge in [-0.1, -0.05) is 25.2 Å². The molecule has 0 aliphatic rings. The average Bonchev–Trinajstić information content (AvgIpc) is 1.81. The third-order valence-corrected chi connectivity index (χ3v) is 0.673. The predicted octanol–water partition coefficient (Wildman–Crippen LogP) is 1.71. The number of carbonyl (C=O) groups excluding carboxylic acids is 1. The van der Waals surface area contributed by atoms with E-state index in [9.17, 15) is 4.79 Å². The molecule has 44 valence electrons. The molecule has 1 nitrogen and oxygen atoms in total. The van der Waals surface area contributed by atoms with Crippen LogP contribution in [0.2, 0.25) is 0 Å². The SMILES string of the molecule is CC/C=C/C=C\C=O. The van der Waals surface area contributed by atoms with Gasteiger partial charge >= 0.3 is 0 Å². The summed E-state index contributed by atoms with van der Waals surface area (Å²) in [5.41, 5.74) is 0. The zero-order chi connectivity index (χ0) is 6.24. The Morgan fingerprint density at radius 1 is 1.25 bits per heavy atom. The van der Waals surface area contributed by atoms with Gasteiger partial charge in [0.25, 0.3) is 0 Å². The Kier molecular flexibility index (Phi) is 5.50. The predicted molar refractivity (Wildman–Crippen MR) is 34.6 cm³/mol. The molecule has 8 heavy (non-hydrogen) atoms. The van der Waals surface area contributed by atoms with Crippen molar-refractivity contribution < 1.29 is 4.79 Å². The van der Waals surface area contributed by atoms with E-state index in [1.165, 1.54) is 6.08 Å². The molecule has 1 heteroatoms. The Morgan fingerprint density at radius 3 is 2.50 bits per heavy atom. The van der Waals surface area contributed by atoms with Gasteiger partial charge in [0.05, 0.1) is 0 Å².